The number of nitrogen functional groups attached to an aromatic ring is 1. The van der Waals surface area contributed by atoms with E-state index in [0.29, 0.717) is 50.3 Å². The number of carboxylic acids is 1. The number of nitrogens with zero attached hydrogens (tertiary/aromatic N) is 5. The topological polar surface area (TPSA) is 156 Å². The number of aryl methyl sites for hydroxylation is 1. The van der Waals surface area contributed by atoms with E-state index in [9.17, 15) is 19.5 Å². The van der Waals surface area contributed by atoms with E-state index in [2.05, 4.69) is 36.2 Å². The van der Waals surface area contributed by atoms with Crippen LogP contribution in [0.2, 0.25) is 0 Å². The summed E-state index contributed by atoms with van der Waals surface area (Å²) in [6.45, 7) is 1.71. The highest BCUT2D eigenvalue weighted by molar-refractivity contribution is 9.10. The molecule has 2 aliphatic rings. The number of carbonyl (C=O) groups is 3. The van der Waals surface area contributed by atoms with E-state index in [0.717, 1.165) is 6.42 Å². The van der Waals surface area contributed by atoms with Gasteiger partial charge in [-0.15, -0.1) is 0 Å². The number of nitrogens with one attached hydrogen (secondary N) is 1. The first-order valence-corrected chi connectivity index (χ1v) is 12.5. The third kappa shape index (κ3) is 3.88. The number of halogens is 1. The van der Waals surface area contributed by atoms with Crippen molar-refractivity contribution in [2.75, 3.05) is 11.1 Å². The Kier molecular flexibility index (Phi) is 5.37. The van der Waals surface area contributed by atoms with Gasteiger partial charge in [0, 0.05) is 11.4 Å². The summed E-state index contributed by atoms with van der Waals surface area (Å²) in [4.78, 5) is 53.0. The molecule has 3 aromatic heterocycles. The summed E-state index contributed by atoms with van der Waals surface area (Å²) in [7, 11) is 0. The number of carbonyl (C=O) groups excluding carboxylic acids is 2. The summed E-state index contributed by atoms with van der Waals surface area (Å²) >= 11 is 3.30. The van der Waals surface area contributed by atoms with Gasteiger partial charge in [0.25, 0.3) is 0 Å². The minimum Gasteiger partial charge on any atom is -0.478 e. The number of nitrogens with two attached hydrogens (primary N) is 1. The van der Waals surface area contributed by atoms with Gasteiger partial charge in [-0.3, -0.25) is 9.59 Å². The second-order valence-electron chi connectivity index (χ2n) is 9.49. The lowest BCUT2D eigenvalue weighted by molar-refractivity contribution is -0.138. The number of benzene rings is 1. The molecule has 1 aliphatic carbocycles. The Bertz CT molecular complexity index is 1630. The smallest absolute Gasteiger partial charge is 0.335 e. The largest absolute Gasteiger partial charge is 0.478 e. The number of rotatable bonds is 5. The number of likely N-dealkylation sites (tertiary alicyclic amines) is 1. The van der Waals surface area contributed by atoms with Crippen molar-refractivity contribution < 1.29 is 19.5 Å². The molecule has 11 nitrogen and oxygen atoms in total. The molecule has 0 spiro atoms. The highest BCUT2D eigenvalue weighted by atomic mass is 79.9. The number of piperidine rings is 1. The predicted molar refractivity (Wildman–Crippen MR) is 139 cm³/mol. The van der Waals surface area contributed by atoms with Crippen LogP contribution in [0, 0.1) is 12.8 Å². The first-order valence-electron chi connectivity index (χ1n) is 11.7. The van der Waals surface area contributed by atoms with Gasteiger partial charge in [0.15, 0.2) is 0 Å². The van der Waals surface area contributed by atoms with Crippen LogP contribution in [0.1, 0.15) is 28.8 Å². The second-order valence-corrected chi connectivity index (χ2v) is 10.3. The van der Waals surface area contributed by atoms with Crippen molar-refractivity contribution in [3.05, 3.63) is 52.4 Å². The summed E-state index contributed by atoms with van der Waals surface area (Å²) in [5, 5.41) is 13.5. The van der Waals surface area contributed by atoms with Crippen LogP contribution < -0.4 is 11.1 Å². The molecular formula is C25H22BrN7O4. The standard InChI is InChI=1S/C25H22BrN7O4/c1-11-5-13(25(36)37)6-14-20-22(27)28-10-29-23(20)32(21(11)14)9-19(34)33-15-7-12(15)8-16(33)24(35)31-18-4-2-3-17(26)30-18/h2-6,10,12,15-16H,7-9H2,1H3,(H,36,37)(H2,27,28,29)(H,30,31,35)/t12-,15-,16+/m1/s1. The molecule has 37 heavy (non-hydrogen) atoms. The van der Waals surface area contributed by atoms with Gasteiger partial charge in [0.05, 0.1) is 16.5 Å². The first kappa shape index (κ1) is 23.3. The van der Waals surface area contributed by atoms with Crippen molar-refractivity contribution in [3.63, 3.8) is 0 Å². The Morgan fingerprint density at radius 3 is 2.78 bits per heavy atom. The zero-order valence-corrected chi connectivity index (χ0v) is 21.3. The molecule has 4 aromatic rings. The molecule has 2 amide bonds. The lowest BCUT2D eigenvalue weighted by Crippen LogP contribution is -2.46. The van der Waals surface area contributed by atoms with Gasteiger partial charge < -0.3 is 25.6 Å². The summed E-state index contributed by atoms with van der Waals surface area (Å²) in [6, 6.07) is 7.73. The van der Waals surface area contributed by atoms with Gasteiger partial charge >= 0.3 is 5.97 Å². The van der Waals surface area contributed by atoms with E-state index in [4.69, 9.17) is 5.73 Å². The van der Waals surface area contributed by atoms with Gasteiger partial charge in [0.1, 0.15) is 40.8 Å². The molecule has 188 valence electrons. The van der Waals surface area contributed by atoms with Gasteiger partial charge in [-0.2, -0.15) is 0 Å². The number of aromatic carboxylic acids is 1. The van der Waals surface area contributed by atoms with E-state index in [1.807, 2.05) is 0 Å². The monoisotopic (exact) mass is 563 g/mol. The number of pyridine rings is 1. The zero-order chi connectivity index (χ0) is 26.0. The lowest BCUT2D eigenvalue weighted by atomic mass is 10.1. The maximum atomic E-state index is 13.8. The first-order chi connectivity index (χ1) is 17.7. The van der Waals surface area contributed by atoms with Crippen molar-refractivity contribution in [1.82, 2.24) is 24.4 Å². The van der Waals surface area contributed by atoms with Crippen LogP contribution >= 0.6 is 15.9 Å². The molecule has 2 fully saturated rings. The summed E-state index contributed by atoms with van der Waals surface area (Å²) in [6.07, 6.45) is 2.78. The number of aromatic nitrogens is 4. The molecule has 6 rings (SSSR count). The molecule has 0 radical (unpaired) electrons. The fourth-order valence-electron chi connectivity index (χ4n) is 5.52. The van der Waals surface area contributed by atoms with Gasteiger partial charge in [-0.25, -0.2) is 19.7 Å². The predicted octanol–water partition coefficient (Wildman–Crippen LogP) is 2.96. The molecule has 1 aromatic carbocycles. The Morgan fingerprint density at radius 1 is 1.22 bits per heavy atom. The molecule has 1 saturated carbocycles. The maximum absolute atomic E-state index is 13.8. The third-order valence-corrected chi connectivity index (χ3v) is 7.60. The van der Waals surface area contributed by atoms with Gasteiger partial charge in [-0.05, 0) is 71.4 Å². The number of carboxylic acid groups (broad SMARTS) is 1. The van der Waals surface area contributed by atoms with Crippen LogP contribution in [-0.4, -0.2) is 59.4 Å². The van der Waals surface area contributed by atoms with E-state index in [1.165, 1.54) is 12.4 Å². The molecule has 0 bridgehead atoms. The van der Waals surface area contributed by atoms with E-state index < -0.39 is 12.0 Å². The Balaban J connectivity index is 1.37. The fraction of sp³-hybridized carbons (Fsp3) is 0.280. The minimum atomic E-state index is -1.07. The van der Waals surface area contributed by atoms with E-state index >= 15 is 0 Å². The van der Waals surface area contributed by atoms with Crippen molar-refractivity contribution >= 4 is 67.3 Å². The number of hydrogen-bond donors (Lipinski definition) is 3. The molecular weight excluding hydrogens is 542 g/mol. The van der Waals surface area contributed by atoms with Crippen LogP contribution in [0.5, 0.6) is 0 Å². The SMILES string of the molecule is Cc1cc(C(=O)O)cc2c3c(N)ncnc3n(CC(=O)N3[C@@H]4C[C@@H]4C[C@H]3C(=O)Nc3cccc(Br)n3)c12. The van der Waals surface area contributed by atoms with Gasteiger partial charge in [0.2, 0.25) is 11.8 Å². The molecule has 1 saturated heterocycles. The van der Waals surface area contributed by atoms with Crippen molar-refractivity contribution in [2.24, 2.45) is 5.92 Å². The van der Waals surface area contributed by atoms with Crippen molar-refractivity contribution in [2.45, 2.75) is 38.4 Å². The van der Waals surface area contributed by atoms with Crippen LogP contribution in [-0.2, 0) is 16.1 Å². The quantitative estimate of drug-likeness (QED) is 0.313. The normalized spacial score (nSPS) is 20.3. The van der Waals surface area contributed by atoms with Crippen molar-refractivity contribution in [3.8, 4) is 0 Å². The van der Waals surface area contributed by atoms with Crippen LogP contribution in [0.3, 0.4) is 0 Å². The molecule has 4 N–H and O–H groups in total. The third-order valence-electron chi connectivity index (χ3n) is 7.15. The van der Waals surface area contributed by atoms with Crippen LogP contribution in [0.4, 0.5) is 11.6 Å². The average molecular weight is 564 g/mol. The number of amides is 2. The highest BCUT2D eigenvalue weighted by Crippen LogP contribution is 2.48. The second kappa shape index (κ2) is 8.51. The highest BCUT2D eigenvalue weighted by Gasteiger charge is 2.56. The molecule has 3 atom stereocenters. The Hall–Kier alpha value is -4.06. The average Bonchev–Trinajstić information content (AvgIpc) is 3.38. The lowest BCUT2D eigenvalue weighted by Gasteiger charge is -2.27. The number of fused-ring (bicyclic) bond motifs is 4. The number of anilines is 2. The summed E-state index contributed by atoms with van der Waals surface area (Å²) in [5.41, 5.74) is 8.04. The summed E-state index contributed by atoms with van der Waals surface area (Å²) < 4.78 is 2.34. The van der Waals surface area contributed by atoms with E-state index in [1.54, 1.807) is 40.7 Å². The van der Waals surface area contributed by atoms with Crippen molar-refractivity contribution in [1.29, 1.82) is 0 Å². The fourth-order valence-corrected chi connectivity index (χ4v) is 5.86. The molecule has 12 heteroatoms. The zero-order valence-electron chi connectivity index (χ0n) is 19.7. The molecule has 0 unspecified atom stereocenters. The minimum absolute atomic E-state index is 0.0196. The van der Waals surface area contributed by atoms with Crippen LogP contribution in [0.15, 0.2) is 41.3 Å². The maximum Gasteiger partial charge on any atom is 0.335 e. The Morgan fingerprint density at radius 2 is 2.03 bits per heavy atom. The summed E-state index contributed by atoms with van der Waals surface area (Å²) in [5.74, 6) is -0.654. The van der Waals surface area contributed by atoms with Crippen LogP contribution in [0.25, 0.3) is 21.9 Å². The van der Waals surface area contributed by atoms with Gasteiger partial charge in [-0.1, -0.05) is 6.07 Å². The molecule has 4 heterocycles. The number of hydrogen-bond acceptors (Lipinski definition) is 7. The Labute approximate surface area is 218 Å². The molecule has 1 aliphatic heterocycles. The van der Waals surface area contributed by atoms with E-state index in [-0.39, 0.29) is 35.8 Å².